The highest BCUT2D eigenvalue weighted by atomic mass is 32.2. The number of hydrogen-bond acceptors (Lipinski definition) is 7. The molecule has 2 heterocycles. The van der Waals surface area contributed by atoms with Crippen LogP contribution in [0.2, 0.25) is 0 Å². The second-order valence-corrected chi connectivity index (χ2v) is 9.21. The van der Waals surface area contributed by atoms with E-state index in [4.69, 9.17) is 9.15 Å². The van der Waals surface area contributed by atoms with Crippen LogP contribution in [-0.2, 0) is 13.2 Å². The third-order valence-electron chi connectivity index (χ3n) is 4.93. The molecule has 4 aromatic rings. The molecule has 0 N–H and O–H groups in total. The summed E-state index contributed by atoms with van der Waals surface area (Å²) in [5.74, 6) is 3.27. The summed E-state index contributed by atoms with van der Waals surface area (Å²) in [5.41, 5.74) is 0.906. The summed E-state index contributed by atoms with van der Waals surface area (Å²) >= 11 is 1.56. The molecule has 7 nitrogen and oxygen atoms in total. The number of aromatic nitrogens is 5. The first-order valence-electron chi connectivity index (χ1n) is 10.8. The van der Waals surface area contributed by atoms with Crippen LogP contribution in [0.3, 0.4) is 0 Å². The lowest BCUT2D eigenvalue weighted by molar-refractivity contribution is 0.285. The zero-order chi connectivity index (χ0) is 22.3. The molecule has 0 aliphatic heterocycles. The molecular formula is C24H27N5O2S. The molecule has 1 atom stereocenters. The quantitative estimate of drug-likeness (QED) is 0.283. The Kier molecular flexibility index (Phi) is 7.21. The highest BCUT2D eigenvalue weighted by molar-refractivity contribution is 7.99. The van der Waals surface area contributed by atoms with Gasteiger partial charge >= 0.3 is 0 Å². The molecule has 2 aromatic heterocycles. The van der Waals surface area contributed by atoms with E-state index in [-0.39, 0.29) is 5.25 Å². The Morgan fingerprint density at radius 3 is 2.34 bits per heavy atom. The van der Waals surface area contributed by atoms with Crippen LogP contribution in [-0.4, -0.2) is 25.0 Å². The number of thioether (sulfide) groups is 1. The number of para-hydroxylation sites is 1. The molecule has 0 saturated carbocycles. The van der Waals surface area contributed by atoms with Gasteiger partial charge in [-0.3, -0.25) is 0 Å². The topological polar surface area (TPSA) is 78.9 Å². The molecule has 4 rings (SSSR count). The van der Waals surface area contributed by atoms with Crippen molar-refractivity contribution in [3.8, 4) is 17.2 Å². The zero-order valence-corrected chi connectivity index (χ0v) is 19.3. The molecule has 166 valence electrons. The van der Waals surface area contributed by atoms with Gasteiger partial charge in [0.15, 0.2) is 11.0 Å². The van der Waals surface area contributed by atoms with Gasteiger partial charge in [-0.1, -0.05) is 62.0 Å². The second-order valence-electron chi connectivity index (χ2n) is 7.91. The Morgan fingerprint density at radius 2 is 1.62 bits per heavy atom. The number of nitrogens with zero attached hydrogens (tertiary/aromatic N) is 5. The summed E-state index contributed by atoms with van der Waals surface area (Å²) in [5, 5.41) is 18.1. The lowest BCUT2D eigenvalue weighted by Crippen LogP contribution is -2.10. The van der Waals surface area contributed by atoms with Crippen molar-refractivity contribution in [1.82, 2.24) is 25.0 Å². The fourth-order valence-corrected chi connectivity index (χ4v) is 4.02. The fraction of sp³-hybridized carbons (Fsp3) is 0.333. The van der Waals surface area contributed by atoms with E-state index in [0.717, 1.165) is 35.3 Å². The molecule has 0 spiro atoms. The molecule has 32 heavy (non-hydrogen) atoms. The largest absolute Gasteiger partial charge is 0.486 e. The lowest BCUT2D eigenvalue weighted by atomic mass is 10.1. The van der Waals surface area contributed by atoms with E-state index in [1.807, 2.05) is 67.6 Å². The van der Waals surface area contributed by atoms with Crippen LogP contribution in [0, 0.1) is 5.92 Å². The molecule has 8 heteroatoms. The number of hydrogen-bond donors (Lipinski definition) is 0. The Labute approximate surface area is 192 Å². The Balaban J connectivity index is 1.49. The second kappa shape index (κ2) is 10.5. The van der Waals surface area contributed by atoms with Gasteiger partial charge in [0.25, 0.3) is 0 Å². The van der Waals surface area contributed by atoms with Gasteiger partial charge in [0.2, 0.25) is 11.8 Å². The summed E-state index contributed by atoms with van der Waals surface area (Å²) in [4.78, 5) is 0. The minimum Gasteiger partial charge on any atom is -0.486 e. The third kappa shape index (κ3) is 5.56. The first-order valence-corrected chi connectivity index (χ1v) is 11.6. The van der Waals surface area contributed by atoms with Crippen LogP contribution in [0.4, 0.5) is 0 Å². The fourth-order valence-electron chi connectivity index (χ4n) is 3.09. The Hall–Kier alpha value is -3.13. The van der Waals surface area contributed by atoms with E-state index in [1.54, 1.807) is 11.8 Å². The Morgan fingerprint density at radius 1 is 0.906 bits per heavy atom. The smallest absolute Gasteiger partial charge is 0.247 e. The maximum absolute atomic E-state index is 5.93. The summed E-state index contributed by atoms with van der Waals surface area (Å²) in [7, 11) is 0. The predicted molar refractivity (Wildman–Crippen MR) is 124 cm³/mol. The van der Waals surface area contributed by atoms with Crippen LogP contribution >= 0.6 is 11.8 Å². The molecule has 0 bridgehead atoms. The highest BCUT2D eigenvalue weighted by Gasteiger charge is 2.21. The number of ether oxygens (including phenoxy) is 1. The first kappa shape index (κ1) is 22.1. The van der Waals surface area contributed by atoms with E-state index in [2.05, 4.69) is 38.8 Å². The minimum absolute atomic E-state index is 0.0650. The predicted octanol–water partition coefficient (Wildman–Crippen LogP) is 5.81. The van der Waals surface area contributed by atoms with Crippen molar-refractivity contribution in [3.63, 3.8) is 0 Å². The monoisotopic (exact) mass is 449 g/mol. The van der Waals surface area contributed by atoms with E-state index in [9.17, 15) is 0 Å². The molecule has 0 radical (unpaired) electrons. The van der Waals surface area contributed by atoms with Gasteiger partial charge in [0.1, 0.15) is 12.4 Å². The number of rotatable bonds is 10. The van der Waals surface area contributed by atoms with Crippen LogP contribution in [0.5, 0.6) is 5.75 Å². The van der Waals surface area contributed by atoms with Gasteiger partial charge in [-0.25, -0.2) is 0 Å². The van der Waals surface area contributed by atoms with Crippen molar-refractivity contribution in [1.29, 1.82) is 0 Å². The lowest BCUT2D eigenvalue weighted by Gasteiger charge is -2.13. The Bertz CT molecular complexity index is 1110. The first-order chi connectivity index (χ1) is 15.6. The maximum Gasteiger partial charge on any atom is 0.247 e. The summed E-state index contributed by atoms with van der Waals surface area (Å²) < 4.78 is 14.0. The van der Waals surface area contributed by atoms with Gasteiger partial charge in [0.05, 0.1) is 5.25 Å². The molecular weight excluding hydrogens is 422 g/mol. The average Bonchev–Trinajstić information content (AvgIpc) is 3.45. The molecule has 0 fully saturated rings. The van der Waals surface area contributed by atoms with E-state index < -0.39 is 0 Å². The molecule has 0 aliphatic carbocycles. The van der Waals surface area contributed by atoms with E-state index >= 15 is 0 Å². The highest BCUT2D eigenvalue weighted by Crippen LogP contribution is 2.35. The van der Waals surface area contributed by atoms with Gasteiger partial charge < -0.3 is 13.7 Å². The van der Waals surface area contributed by atoms with Crippen LogP contribution in [0.1, 0.15) is 44.2 Å². The minimum atomic E-state index is -0.0650. The molecule has 2 aromatic carbocycles. The van der Waals surface area contributed by atoms with Gasteiger partial charge in [0, 0.05) is 12.1 Å². The van der Waals surface area contributed by atoms with Gasteiger partial charge in [-0.05, 0) is 43.5 Å². The molecule has 0 saturated heterocycles. The standard InChI is InChI=1S/C24H27N5O2S/c1-17(2)14-15-29-21(16-30-20-12-8-5-9-13-20)25-28-24(29)32-18(3)22-26-27-23(31-22)19-10-6-4-7-11-19/h4-13,17-18H,14-16H2,1-3H3. The van der Waals surface area contributed by atoms with Crippen LogP contribution < -0.4 is 4.74 Å². The van der Waals surface area contributed by atoms with Gasteiger partial charge in [-0.15, -0.1) is 20.4 Å². The van der Waals surface area contributed by atoms with Crippen LogP contribution in [0.15, 0.2) is 70.2 Å². The van der Waals surface area contributed by atoms with Crippen LogP contribution in [0.25, 0.3) is 11.5 Å². The van der Waals surface area contributed by atoms with Crippen molar-refractivity contribution in [2.24, 2.45) is 5.92 Å². The van der Waals surface area contributed by atoms with Crippen molar-refractivity contribution < 1.29 is 9.15 Å². The summed E-state index contributed by atoms with van der Waals surface area (Å²) in [6, 6.07) is 19.5. The summed E-state index contributed by atoms with van der Waals surface area (Å²) in [6.45, 7) is 7.65. The third-order valence-corrected chi connectivity index (χ3v) is 5.99. The number of benzene rings is 2. The van der Waals surface area contributed by atoms with Crippen molar-refractivity contribution in [2.45, 2.75) is 50.8 Å². The zero-order valence-electron chi connectivity index (χ0n) is 18.5. The van der Waals surface area contributed by atoms with E-state index in [0.29, 0.717) is 24.3 Å². The molecule has 0 aliphatic rings. The van der Waals surface area contributed by atoms with Crippen molar-refractivity contribution >= 4 is 11.8 Å². The normalized spacial score (nSPS) is 12.2. The van der Waals surface area contributed by atoms with Crippen molar-refractivity contribution in [2.75, 3.05) is 0 Å². The molecule has 1 unspecified atom stereocenters. The summed E-state index contributed by atoms with van der Waals surface area (Å²) in [6.07, 6.45) is 1.02. The SMILES string of the molecule is CC(C)CCn1c(COc2ccccc2)nnc1SC(C)c1nnc(-c2ccccc2)o1. The molecule has 0 amide bonds. The van der Waals surface area contributed by atoms with E-state index in [1.165, 1.54) is 0 Å². The van der Waals surface area contributed by atoms with Gasteiger partial charge in [-0.2, -0.15) is 0 Å². The maximum atomic E-state index is 5.93. The van der Waals surface area contributed by atoms with Crippen molar-refractivity contribution in [3.05, 3.63) is 72.4 Å². The average molecular weight is 450 g/mol.